The number of hydrogen-bond donors (Lipinski definition) is 2. The van der Waals surface area contributed by atoms with Crippen LogP contribution in [0, 0.1) is 25.2 Å². The van der Waals surface area contributed by atoms with E-state index in [1.165, 1.54) is 4.88 Å². The summed E-state index contributed by atoms with van der Waals surface area (Å²) in [5, 5.41) is 15.4. The average molecular weight is 644 g/mol. The van der Waals surface area contributed by atoms with E-state index < -0.39 is 24.3 Å². The predicted molar refractivity (Wildman–Crippen MR) is 139 cm³/mol. The summed E-state index contributed by atoms with van der Waals surface area (Å²) in [5.41, 5.74) is 1.11. The first kappa shape index (κ1) is 35.8. The number of aliphatic carboxylic acids is 2. The van der Waals surface area contributed by atoms with Crippen LogP contribution in [0.3, 0.4) is 0 Å². The molecule has 2 saturated heterocycles. The van der Waals surface area contributed by atoms with Crippen LogP contribution >= 0.6 is 11.3 Å². The Hall–Kier alpha value is -3.38. The van der Waals surface area contributed by atoms with Gasteiger partial charge in [-0.1, -0.05) is 0 Å². The fourth-order valence-electron chi connectivity index (χ4n) is 4.71. The average Bonchev–Trinajstić information content (AvgIpc) is 3.41. The molecule has 4 rings (SSSR count). The minimum atomic E-state index is -5.08. The van der Waals surface area contributed by atoms with E-state index in [1.54, 1.807) is 34.7 Å². The van der Waals surface area contributed by atoms with E-state index in [9.17, 15) is 31.1 Å². The molecule has 18 heteroatoms. The zero-order valence-electron chi connectivity index (χ0n) is 23.4. The highest BCUT2D eigenvalue weighted by Crippen LogP contribution is 2.45. The molecule has 0 radical (unpaired) electrons. The van der Waals surface area contributed by atoms with Crippen molar-refractivity contribution in [3.63, 3.8) is 0 Å². The molecular formula is C25H31F6N5O6S. The molecule has 1 atom stereocenters. The molecule has 2 aromatic heterocycles. The number of carbonyl (C=O) groups is 3. The highest BCUT2D eigenvalue weighted by Gasteiger charge is 2.51. The number of hydrogen-bond acceptors (Lipinski definition) is 9. The monoisotopic (exact) mass is 643 g/mol. The molecule has 1 amide bonds. The Kier molecular flexibility index (Phi) is 12.4. The Bertz CT molecular complexity index is 1210. The number of amides is 1. The largest absolute Gasteiger partial charge is 0.490 e. The van der Waals surface area contributed by atoms with Crippen molar-refractivity contribution < 1.29 is 55.7 Å². The van der Waals surface area contributed by atoms with E-state index in [-0.39, 0.29) is 17.2 Å². The number of rotatable bonds is 5. The lowest BCUT2D eigenvalue weighted by Gasteiger charge is -2.38. The third-order valence-corrected chi connectivity index (χ3v) is 7.79. The number of carboxylic acids is 2. The van der Waals surface area contributed by atoms with E-state index in [2.05, 4.69) is 33.7 Å². The number of alkyl halides is 6. The number of aryl methyl sites for hydroxylation is 2. The van der Waals surface area contributed by atoms with E-state index in [0.29, 0.717) is 12.4 Å². The van der Waals surface area contributed by atoms with Crippen LogP contribution < -0.4 is 0 Å². The number of aromatic nitrogens is 3. The number of halogens is 6. The highest BCUT2D eigenvalue weighted by molar-refractivity contribution is 7.11. The molecule has 2 N–H and O–H groups in total. The van der Waals surface area contributed by atoms with Crippen LogP contribution in [0.15, 0.2) is 18.5 Å². The Labute approximate surface area is 246 Å². The number of thiazole rings is 1. The van der Waals surface area contributed by atoms with Crippen molar-refractivity contribution in [2.75, 3.05) is 33.4 Å². The van der Waals surface area contributed by atoms with Crippen LogP contribution in [-0.2, 0) is 32.2 Å². The molecule has 43 heavy (non-hydrogen) atoms. The summed E-state index contributed by atoms with van der Waals surface area (Å²) in [6.07, 6.45) is -4.85. The summed E-state index contributed by atoms with van der Waals surface area (Å²) >= 11 is 1.76. The number of carbonyl (C=O) groups excluding carboxylic acids is 1. The molecule has 2 fully saturated rings. The molecule has 0 bridgehead atoms. The van der Waals surface area contributed by atoms with Gasteiger partial charge in [-0.15, -0.1) is 11.3 Å². The maximum Gasteiger partial charge on any atom is 0.490 e. The maximum atomic E-state index is 13.5. The van der Waals surface area contributed by atoms with Crippen LogP contribution in [0.25, 0.3) is 0 Å². The Morgan fingerprint density at radius 3 is 2.00 bits per heavy atom. The molecule has 240 valence electrons. The SMILES string of the molecule is Cc1nc(C)c(CN2CC(C(=O)N(C)Cc3ncccn3)C3(CCOCC3)C2)s1.O=C(O)C(F)(F)F.O=C(O)C(F)(F)F. The lowest BCUT2D eigenvalue weighted by molar-refractivity contribution is -0.193. The quantitative estimate of drug-likeness (QED) is 0.463. The molecule has 2 aromatic rings. The zero-order chi connectivity index (χ0) is 32.6. The van der Waals surface area contributed by atoms with Gasteiger partial charge in [-0.2, -0.15) is 26.3 Å². The van der Waals surface area contributed by atoms with Crippen LogP contribution in [0.5, 0.6) is 0 Å². The van der Waals surface area contributed by atoms with Crippen molar-refractivity contribution in [3.8, 4) is 0 Å². The summed E-state index contributed by atoms with van der Waals surface area (Å²) in [7, 11) is 1.87. The Morgan fingerprint density at radius 1 is 1.05 bits per heavy atom. The Morgan fingerprint density at radius 2 is 1.56 bits per heavy atom. The first-order chi connectivity index (χ1) is 19.9. The smallest absolute Gasteiger partial charge is 0.475 e. The first-order valence-electron chi connectivity index (χ1n) is 12.7. The summed E-state index contributed by atoms with van der Waals surface area (Å²) in [4.78, 5) is 49.9. The molecule has 1 unspecified atom stereocenters. The molecule has 11 nitrogen and oxygen atoms in total. The van der Waals surface area contributed by atoms with Crippen molar-refractivity contribution >= 4 is 29.2 Å². The summed E-state index contributed by atoms with van der Waals surface area (Å²) < 4.78 is 69.1. The molecular weight excluding hydrogens is 612 g/mol. The van der Waals surface area contributed by atoms with Gasteiger partial charge in [0.1, 0.15) is 5.82 Å². The lowest BCUT2D eigenvalue weighted by atomic mass is 9.71. The van der Waals surface area contributed by atoms with Crippen molar-refractivity contribution in [2.24, 2.45) is 11.3 Å². The van der Waals surface area contributed by atoms with Crippen LogP contribution in [-0.4, -0.2) is 98.5 Å². The van der Waals surface area contributed by atoms with Crippen LogP contribution in [0.2, 0.25) is 0 Å². The van der Waals surface area contributed by atoms with Gasteiger partial charge >= 0.3 is 24.3 Å². The topological polar surface area (TPSA) is 146 Å². The predicted octanol–water partition coefficient (Wildman–Crippen LogP) is 3.70. The summed E-state index contributed by atoms with van der Waals surface area (Å²) in [6.45, 7) is 8.65. The third kappa shape index (κ3) is 10.7. The maximum absolute atomic E-state index is 13.5. The zero-order valence-corrected chi connectivity index (χ0v) is 24.2. The minimum Gasteiger partial charge on any atom is -0.475 e. The lowest BCUT2D eigenvalue weighted by Crippen LogP contribution is -2.45. The molecule has 0 aromatic carbocycles. The number of carboxylic acid groups (broad SMARTS) is 2. The fourth-order valence-corrected chi connectivity index (χ4v) is 5.69. The van der Waals surface area contributed by atoms with Gasteiger partial charge in [0, 0.05) is 62.6 Å². The van der Waals surface area contributed by atoms with E-state index >= 15 is 0 Å². The summed E-state index contributed by atoms with van der Waals surface area (Å²) in [6, 6.07) is 1.79. The van der Waals surface area contributed by atoms with E-state index in [1.807, 2.05) is 7.05 Å². The van der Waals surface area contributed by atoms with Gasteiger partial charge in [0.15, 0.2) is 0 Å². The Balaban J connectivity index is 0.000000384. The highest BCUT2D eigenvalue weighted by atomic mass is 32.1. The molecule has 2 aliphatic rings. The normalized spacial score (nSPS) is 18.2. The number of ether oxygens (including phenoxy) is 1. The number of likely N-dealkylation sites (tertiary alicyclic amines) is 1. The van der Waals surface area contributed by atoms with Crippen LogP contribution in [0.1, 0.15) is 34.2 Å². The molecule has 1 spiro atoms. The van der Waals surface area contributed by atoms with Gasteiger partial charge in [-0.3, -0.25) is 9.69 Å². The molecule has 0 saturated carbocycles. The van der Waals surface area contributed by atoms with Gasteiger partial charge in [0.25, 0.3) is 0 Å². The van der Waals surface area contributed by atoms with Gasteiger partial charge in [-0.05, 0) is 32.8 Å². The standard InChI is InChI=1S/C21H29N5O2S.2C2HF3O2/c1-15-18(29-16(2)24-15)12-26-11-17(21(14-26)5-9-28-10-6-21)20(27)25(3)13-19-22-7-4-8-23-19;2*3-2(4,5)1(6)7/h4,7-8,17H,5-6,9-14H2,1-3H3;2*(H,6,7). The van der Waals surface area contributed by atoms with Gasteiger partial charge in [0.05, 0.1) is 23.2 Å². The second-order valence-electron chi connectivity index (χ2n) is 9.90. The van der Waals surface area contributed by atoms with Gasteiger partial charge in [0.2, 0.25) is 5.91 Å². The second-order valence-corrected chi connectivity index (χ2v) is 11.2. The van der Waals surface area contributed by atoms with E-state index in [4.69, 9.17) is 24.5 Å². The summed E-state index contributed by atoms with van der Waals surface area (Å²) in [5.74, 6) is -4.66. The van der Waals surface area contributed by atoms with Crippen molar-refractivity contribution in [2.45, 2.75) is 52.1 Å². The van der Waals surface area contributed by atoms with Crippen LogP contribution in [0.4, 0.5) is 26.3 Å². The first-order valence-corrected chi connectivity index (χ1v) is 13.5. The second kappa shape index (κ2) is 14.9. The van der Waals surface area contributed by atoms with Gasteiger partial charge < -0.3 is 19.8 Å². The molecule has 4 heterocycles. The van der Waals surface area contributed by atoms with Gasteiger partial charge in [-0.25, -0.2) is 24.5 Å². The number of nitrogens with zero attached hydrogens (tertiary/aromatic N) is 5. The van der Waals surface area contributed by atoms with Crippen molar-refractivity contribution in [1.29, 1.82) is 0 Å². The van der Waals surface area contributed by atoms with Crippen molar-refractivity contribution in [3.05, 3.63) is 39.9 Å². The molecule has 0 aliphatic carbocycles. The van der Waals surface area contributed by atoms with Crippen molar-refractivity contribution in [1.82, 2.24) is 24.8 Å². The fraction of sp³-hybridized carbons (Fsp3) is 0.600. The third-order valence-electron chi connectivity index (χ3n) is 6.73. The minimum absolute atomic E-state index is 0.00518. The molecule has 2 aliphatic heterocycles. The van der Waals surface area contributed by atoms with E-state index in [0.717, 1.165) is 56.4 Å².